The summed E-state index contributed by atoms with van der Waals surface area (Å²) in [6, 6.07) is 9.00. The van der Waals surface area contributed by atoms with Gasteiger partial charge in [0.05, 0.1) is 6.04 Å². The van der Waals surface area contributed by atoms with Crippen LogP contribution in [-0.4, -0.2) is 58.4 Å². The normalized spacial score (nSPS) is 13.4. The van der Waals surface area contributed by atoms with Crippen LogP contribution in [0.5, 0.6) is 0 Å². The number of benzene rings is 1. The maximum atomic E-state index is 12.8. The fourth-order valence-corrected chi connectivity index (χ4v) is 4.07. The number of carbonyl (C=O) groups is 1. The standard InChI is InChI=1S/C26H33N9O2/c1-5-10-28-25(37)20-16-29-26(32-24(20)31-22-8-9-23(36)35(33-22)17(2)3)30-19-6-7-21(18(4)15-19)34-13-11-27-12-14-34/h5-9,15-17,27H,1,10-14H2,2-4H3,(H,28,37)(H2,29,30,31,32,33). The van der Waals surface area contributed by atoms with Crippen molar-refractivity contribution in [1.29, 1.82) is 0 Å². The van der Waals surface area contributed by atoms with Crippen molar-refractivity contribution in [3.05, 3.63) is 70.7 Å². The van der Waals surface area contributed by atoms with Crippen LogP contribution in [0, 0.1) is 6.92 Å². The van der Waals surface area contributed by atoms with Crippen LogP contribution in [0.25, 0.3) is 0 Å². The van der Waals surface area contributed by atoms with Gasteiger partial charge < -0.3 is 26.2 Å². The lowest BCUT2D eigenvalue weighted by molar-refractivity contribution is 0.0958. The number of hydrogen-bond acceptors (Lipinski definition) is 9. The van der Waals surface area contributed by atoms with E-state index in [1.54, 1.807) is 12.1 Å². The summed E-state index contributed by atoms with van der Waals surface area (Å²) in [5.74, 6) is 0.596. The smallest absolute Gasteiger partial charge is 0.267 e. The zero-order chi connectivity index (χ0) is 26.4. The molecule has 3 aromatic rings. The van der Waals surface area contributed by atoms with Crippen molar-refractivity contribution in [1.82, 2.24) is 30.4 Å². The van der Waals surface area contributed by atoms with Gasteiger partial charge in [-0.15, -0.1) is 6.58 Å². The van der Waals surface area contributed by atoms with E-state index in [4.69, 9.17) is 0 Å². The van der Waals surface area contributed by atoms with Crippen LogP contribution >= 0.6 is 0 Å². The summed E-state index contributed by atoms with van der Waals surface area (Å²) >= 11 is 0. The lowest BCUT2D eigenvalue weighted by Gasteiger charge is -2.30. The van der Waals surface area contributed by atoms with Gasteiger partial charge in [0.25, 0.3) is 11.5 Å². The van der Waals surface area contributed by atoms with E-state index in [0.29, 0.717) is 18.3 Å². The molecule has 0 bridgehead atoms. The molecule has 11 nitrogen and oxygen atoms in total. The highest BCUT2D eigenvalue weighted by Gasteiger charge is 2.17. The van der Waals surface area contributed by atoms with E-state index >= 15 is 0 Å². The molecule has 2 aromatic heterocycles. The summed E-state index contributed by atoms with van der Waals surface area (Å²) in [6.07, 6.45) is 3.05. The summed E-state index contributed by atoms with van der Waals surface area (Å²) < 4.78 is 1.36. The van der Waals surface area contributed by atoms with Gasteiger partial charge in [-0.25, -0.2) is 9.67 Å². The number of anilines is 5. The highest BCUT2D eigenvalue weighted by molar-refractivity contribution is 5.99. The first-order valence-corrected chi connectivity index (χ1v) is 12.3. The number of piperazine rings is 1. The number of aromatic nitrogens is 4. The maximum absolute atomic E-state index is 12.8. The summed E-state index contributed by atoms with van der Waals surface area (Å²) in [5.41, 5.74) is 3.20. The Hall–Kier alpha value is -4.25. The van der Waals surface area contributed by atoms with Crippen molar-refractivity contribution >= 4 is 34.9 Å². The Labute approximate surface area is 216 Å². The predicted molar refractivity (Wildman–Crippen MR) is 146 cm³/mol. The average molecular weight is 504 g/mol. The molecule has 37 heavy (non-hydrogen) atoms. The van der Waals surface area contributed by atoms with Gasteiger partial charge in [-0.1, -0.05) is 6.08 Å². The van der Waals surface area contributed by atoms with E-state index in [-0.39, 0.29) is 28.9 Å². The van der Waals surface area contributed by atoms with Crippen LogP contribution in [0.3, 0.4) is 0 Å². The predicted octanol–water partition coefficient (Wildman–Crippen LogP) is 2.74. The molecule has 0 spiro atoms. The summed E-state index contributed by atoms with van der Waals surface area (Å²) in [5, 5.41) is 16.8. The van der Waals surface area contributed by atoms with Gasteiger partial charge in [0.2, 0.25) is 5.95 Å². The monoisotopic (exact) mass is 503 g/mol. The van der Waals surface area contributed by atoms with Gasteiger partial charge in [0.15, 0.2) is 5.82 Å². The average Bonchev–Trinajstić information content (AvgIpc) is 2.89. The molecule has 0 unspecified atom stereocenters. The van der Waals surface area contributed by atoms with Crippen molar-refractivity contribution in [3.8, 4) is 0 Å². The van der Waals surface area contributed by atoms with Crippen molar-refractivity contribution in [3.63, 3.8) is 0 Å². The van der Waals surface area contributed by atoms with Crippen LogP contribution in [0.4, 0.5) is 29.0 Å². The Morgan fingerprint density at radius 3 is 2.68 bits per heavy atom. The lowest BCUT2D eigenvalue weighted by Crippen LogP contribution is -2.43. The van der Waals surface area contributed by atoms with Crippen molar-refractivity contribution in [2.45, 2.75) is 26.8 Å². The number of carbonyl (C=O) groups excluding carboxylic acids is 1. The number of amides is 1. The highest BCUT2D eigenvalue weighted by atomic mass is 16.1. The second kappa shape index (κ2) is 11.7. The second-order valence-corrected chi connectivity index (χ2v) is 9.04. The largest absolute Gasteiger partial charge is 0.369 e. The molecule has 3 heterocycles. The zero-order valence-corrected chi connectivity index (χ0v) is 21.4. The van der Waals surface area contributed by atoms with Gasteiger partial charge >= 0.3 is 0 Å². The van der Waals surface area contributed by atoms with Gasteiger partial charge in [-0.3, -0.25) is 9.59 Å². The molecule has 0 radical (unpaired) electrons. The molecule has 1 aromatic carbocycles. The van der Waals surface area contributed by atoms with Gasteiger partial charge in [-0.2, -0.15) is 10.1 Å². The lowest BCUT2D eigenvalue weighted by atomic mass is 10.1. The molecule has 4 N–H and O–H groups in total. The molecule has 0 saturated carbocycles. The Balaban J connectivity index is 1.61. The number of rotatable bonds is 9. The Morgan fingerprint density at radius 1 is 1.19 bits per heavy atom. The molecule has 1 aliphatic heterocycles. The van der Waals surface area contributed by atoms with E-state index in [2.05, 4.69) is 66.9 Å². The number of nitrogens with zero attached hydrogens (tertiary/aromatic N) is 5. The van der Waals surface area contributed by atoms with Crippen LogP contribution in [-0.2, 0) is 0 Å². The van der Waals surface area contributed by atoms with E-state index in [1.807, 2.05) is 19.9 Å². The highest BCUT2D eigenvalue weighted by Crippen LogP contribution is 2.26. The Kier molecular flexibility index (Phi) is 8.14. The number of hydrogen-bond donors (Lipinski definition) is 4. The molecule has 1 amide bonds. The molecule has 1 saturated heterocycles. The van der Waals surface area contributed by atoms with Crippen molar-refractivity contribution in [2.24, 2.45) is 0 Å². The van der Waals surface area contributed by atoms with Gasteiger partial charge in [-0.05, 0) is 50.6 Å². The minimum absolute atomic E-state index is 0.125. The van der Waals surface area contributed by atoms with Gasteiger partial charge in [0.1, 0.15) is 11.4 Å². The van der Waals surface area contributed by atoms with E-state index in [0.717, 1.165) is 37.4 Å². The molecule has 0 atom stereocenters. The van der Waals surface area contributed by atoms with Crippen LogP contribution in [0.1, 0.15) is 35.8 Å². The number of aryl methyl sites for hydroxylation is 1. The fraction of sp³-hybridized carbons (Fsp3) is 0.346. The molecular weight excluding hydrogens is 470 g/mol. The maximum Gasteiger partial charge on any atom is 0.267 e. The molecule has 4 rings (SSSR count). The Bertz CT molecular complexity index is 1330. The minimum Gasteiger partial charge on any atom is -0.369 e. The summed E-state index contributed by atoms with van der Waals surface area (Å²) in [6.45, 7) is 13.6. The Morgan fingerprint density at radius 2 is 1.97 bits per heavy atom. The third-order valence-electron chi connectivity index (χ3n) is 5.91. The third kappa shape index (κ3) is 6.31. The molecular formula is C26H33N9O2. The van der Waals surface area contributed by atoms with Crippen LogP contribution in [0.2, 0.25) is 0 Å². The molecule has 0 aliphatic carbocycles. The second-order valence-electron chi connectivity index (χ2n) is 9.04. The minimum atomic E-state index is -0.359. The number of nitrogens with one attached hydrogen (secondary N) is 4. The van der Waals surface area contributed by atoms with Crippen LogP contribution in [0.15, 0.2) is 54.0 Å². The quantitative estimate of drug-likeness (QED) is 0.326. The first-order valence-electron chi connectivity index (χ1n) is 12.3. The molecule has 1 fully saturated rings. The van der Waals surface area contributed by atoms with Gasteiger partial charge in [0, 0.05) is 56.4 Å². The molecule has 1 aliphatic rings. The first kappa shape index (κ1) is 25.8. The van der Waals surface area contributed by atoms with Crippen LogP contribution < -0.4 is 31.7 Å². The van der Waals surface area contributed by atoms with E-state index in [1.165, 1.54) is 22.6 Å². The SMILES string of the molecule is C=CCNC(=O)c1cnc(Nc2ccc(N3CCNCC3)c(C)c2)nc1Nc1ccc(=O)n(C(C)C)n1. The fourth-order valence-electron chi connectivity index (χ4n) is 4.07. The topological polar surface area (TPSA) is 129 Å². The van der Waals surface area contributed by atoms with Crippen molar-refractivity contribution < 1.29 is 4.79 Å². The molecule has 11 heteroatoms. The van der Waals surface area contributed by atoms with E-state index < -0.39 is 0 Å². The molecule has 194 valence electrons. The zero-order valence-electron chi connectivity index (χ0n) is 21.4. The third-order valence-corrected chi connectivity index (χ3v) is 5.91. The summed E-state index contributed by atoms with van der Waals surface area (Å²) in [4.78, 5) is 36.2. The summed E-state index contributed by atoms with van der Waals surface area (Å²) in [7, 11) is 0. The van der Waals surface area contributed by atoms with Crippen molar-refractivity contribution in [2.75, 3.05) is 48.3 Å². The van der Waals surface area contributed by atoms with E-state index in [9.17, 15) is 9.59 Å². The first-order chi connectivity index (χ1) is 17.9.